The normalized spacial score (nSPS) is 10.8. The van der Waals surface area contributed by atoms with Crippen LogP contribution in [0.3, 0.4) is 0 Å². The first-order chi connectivity index (χ1) is 11.0. The second-order valence-corrected chi connectivity index (χ2v) is 5.17. The molecular weight excluding hydrogens is 296 g/mol. The summed E-state index contributed by atoms with van der Waals surface area (Å²) in [5.74, 6) is 0.553. The zero-order valence-corrected chi connectivity index (χ0v) is 12.5. The van der Waals surface area contributed by atoms with E-state index >= 15 is 0 Å². The first-order valence-electron chi connectivity index (χ1n) is 7.07. The number of benzene rings is 1. The second kappa shape index (κ2) is 5.91. The summed E-state index contributed by atoms with van der Waals surface area (Å²) in [5.41, 5.74) is 6.85. The monoisotopic (exact) mass is 312 g/mol. The molecule has 0 fully saturated rings. The highest BCUT2D eigenvalue weighted by Crippen LogP contribution is 2.06. The molecule has 2 aromatic heterocycles. The van der Waals surface area contributed by atoms with Crippen LogP contribution < -0.4 is 16.6 Å². The van der Waals surface area contributed by atoms with E-state index in [0.717, 1.165) is 5.69 Å². The van der Waals surface area contributed by atoms with Crippen molar-refractivity contribution in [3.63, 3.8) is 0 Å². The van der Waals surface area contributed by atoms with Gasteiger partial charge in [-0.2, -0.15) is 5.10 Å². The number of anilines is 1. The molecule has 0 unspecified atom stereocenters. The molecule has 23 heavy (non-hydrogen) atoms. The molecule has 0 aliphatic carbocycles. The second-order valence-electron chi connectivity index (χ2n) is 5.17. The van der Waals surface area contributed by atoms with Crippen molar-refractivity contribution in [1.29, 1.82) is 0 Å². The molecule has 0 aliphatic heterocycles. The van der Waals surface area contributed by atoms with Gasteiger partial charge >= 0.3 is 0 Å². The number of carbonyl (C=O) groups is 1. The van der Waals surface area contributed by atoms with Gasteiger partial charge in [-0.3, -0.25) is 9.59 Å². The van der Waals surface area contributed by atoms with Crippen LogP contribution in [0.1, 0.15) is 11.5 Å². The highest BCUT2D eigenvalue weighted by molar-refractivity contribution is 5.77. The van der Waals surface area contributed by atoms with E-state index in [4.69, 9.17) is 5.73 Å². The standard InChI is InChI=1S/C15H16N6O2/c1-9-6-12(16)21(20-9)8-14(22)17-7-13-18-11-5-3-2-4-10(11)15(23)19-13/h2-6H,7-8,16H2,1H3,(H,17,22)(H,18,19,23). The third-order valence-electron chi connectivity index (χ3n) is 3.34. The largest absolute Gasteiger partial charge is 0.384 e. The summed E-state index contributed by atoms with van der Waals surface area (Å²) in [6.45, 7) is 1.94. The van der Waals surface area contributed by atoms with E-state index in [-0.39, 0.29) is 24.6 Å². The number of aromatic amines is 1. The minimum absolute atomic E-state index is 0.0114. The molecule has 0 saturated heterocycles. The molecular formula is C15H16N6O2. The Hall–Kier alpha value is -3.16. The van der Waals surface area contributed by atoms with E-state index < -0.39 is 0 Å². The van der Waals surface area contributed by atoms with Gasteiger partial charge in [-0.15, -0.1) is 0 Å². The molecule has 8 heteroatoms. The van der Waals surface area contributed by atoms with Crippen molar-refractivity contribution in [2.24, 2.45) is 0 Å². The van der Waals surface area contributed by atoms with Crippen molar-refractivity contribution in [2.45, 2.75) is 20.0 Å². The number of H-pyrrole nitrogens is 1. The van der Waals surface area contributed by atoms with E-state index in [1.165, 1.54) is 4.68 Å². The fraction of sp³-hybridized carbons (Fsp3) is 0.200. The van der Waals surface area contributed by atoms with Crippen LogP contribution in [0.2, 0.25) is 0 Å². The third-order valence-corrected chi connectivity index (χ3v) is 3.34. The van der Waals surface area contributed by atoms with E-state index in [1.807, 2.05) is 0 Å². The Bertz CT molecular complexity index is 927. The fourth-order valence-electron chi connectivity index (χ4n) is 2.29. The van der Waals surface area contributed by atoms with Gasteiger partial charge in [0.1, 0.15) is 18.2 Å². The van der Waals surface area contributed by atoms with Gasteiger partial charge < -0.3 is 16.0 Å². The molecule has 3 rings (SSSR count). The molecule has 8 nitrogen and oxygen atoms in total. The number of aryl methyl sites for hydroxylation is 1. The Balaban J connectivity index is 1.69. The van der Waals surface area contributed by atoms with Crippen molar-refractivity contribution < 1.29 is 4.79 Å². The van der Waals surface area contributed by atoms with Crippen LogP contribution in [0.5, 0.6) is 0 Å². The van der Waals surface area contributed by atoms with Crippen molar-refractivity contribution >= 4 is 22.6 Å². The minimum atomic E-state index is -0.268. The number of hydrogen-bond acceptors (Lipinski definition) is 5. The maximum Gasteiger partial charge on any atom is 0.258 e. The average molecular weight is 312 g/mol. The maximum atomic E-state index is 11.9. The molecule has 0 radical (unpaired) electrons. The summed E-state index contributed by atoms with van der Waals surface area (Å²) >= 11 is 0. The van der Waals surface area contributed by atoms with E-state index in [0.29, 0.717) is 22.5 Å². The number of nitrogen functional groups attached to an aromatic ring is 1. The van der Waals surface area contributed by atoms with Gasteiger partial charge in [-0.25, -0.2) is 9.67 Å². The van der Waals surface area contributed by atoms with Crippen molar-refractivity contribution in [3.8, 4) is 0 Å². The summed E-state index contributed by atoms with van der Waals surface area (Å²) in [6.07, 6.45) is 0. The van der Waals surface area contributed by atoms with Gasteiger partial charge in [0.25, 0.3) is 5.56 Å². The summed E-state index contributed by atoms with van der Waals surface area (Å²) in [4.78, 5) is 30.9. The van der Waals surface area contributed by atoms with Crippen LogP contribution in [0.25, 0.3) is 10.9 Å². The SMILES string of the molecule is Cc1cc(N)n(CC(=O)NCc2nc3ccccc3c(=O)[nH]2)n1. The zero-order valence-electron chi connectivity index (χ0n) is 12.5. The Morgan fingerprint density at radius 1 is 1.39 bits per heavy atom. The number of nitrogens with two attached hydrogens (primary N) is 1. The average Bonchev–Trinajstić information content (AvgIpc) is 2.83. The molecule has 0 atom stereocenters. The summed E-state index contributed by atoms with van der Waals surface area (Å²) in [7, 11) is 0. The molecule has 2 heterocycles. The van der Waals surface area contributed by atoms with Crippen LogP contribution in [-0.4, -0.2) is 25.7 Å². The number of para-hydroxylation sites is 1. The molecule has 1 aromatic carbocycles. The molecule has 1 amide bonds. The molecule has 3 aromatic rings. The number of rotatable bonds is 4. The lowest BCUT2D eigenvalue weighted by molar-refractivity contribution is -0.122. The third kappa shape index (κ3) is 3.20. The van der Waals surface area contributed by atoms with Gasteiger partial charge in [0.15, 0.2) is 0 Å². The smallest absolute Gasteiger partial charge is 0.258 e. The predicted octanol–water partition coefficient (Wildman–Crippen LogP) is 0.327. The van der Waals surface area contributed by atoms with Crippen LogP contribution in [-0.2, 0) is 17.9 Å². The number of nitrogens with zero attached hydrogens (tertiary/aromatic N) is 3. The van der Waals surface area contributed by atoms with E-state index in [2.05, 4.69) is 20.4 Å². The van der Waals surface area contributed by atoms with Crippen molar-refractivity contribution in [1.82, 2.24) is 25.1 Å². The Morgan fingerprint density at radius 2 is 2.17 bits per heavy atom. The summed E-state index contributed by atoms with van der Waals surface area (Å²) in [6, 6.07) is 8.72. The Kier molecular flexibility index (Phi) is 3.80. The molecule has 0 saturated carbocycles. The van der Waals surface area contributed by atoms with Crippen LogP contribution >= 0.6 is 0 Å². The Labute approximate surface area is 131 Å². The number of hydrogen-bond donors (Lipinski definition) is 3. The first kappa shape index (κ1) is 14.8. The number of fused-ring (bicyclic) bond motifs is 1. The minimum Gasteiger partial charge on any atom is -0.384 e. The lowest BCUT2D eigenvalue weighted by Crippen LogP contribution is -2.29. The highest BCUT2D eigenvalue weighted by Gasteiger charge is 2.09. The number of nitrogens with one attached hydrogen (secondary N) is 2. The topological polar surface area (TPSA) is 119 Å². The summed E-state index contributed by atoms with van der Waals surface area (Å²) in [5, 5.41) is 7.32. The quantitative estimate of drug-likeness (QED) is 0.641. The van der Waals surface area contributed by atoms with Crippen LogP contribution in [0.4, 0.5) is 5.82 Å². The maximum absolute atomic E-state index is 11.9. The van der Waals surface area contributed by atoms with Gasteiger partial charge in [-0.1, -0.05) is 12.1 Å². The molecule has 0 aliphatic rings. The number of amides is 1. The lowest BCUT2D eigenvalue weighted by Gasteiger charge is -2.07. The lowest BCUT2D eigenvalue weighted by atomic mass is 10.2. The first-order valence-corrected chi connectivity index (χ1v) is 7.07. The predicted molar refractivity (Wildman–Crippen MR) is 85.6 cm³/mol. The number of carbonyl (C=O) groups excluding carboxylic acids is 1. The van der Waals surface area contributed by atoms with E-state index in [9.17, 15) is 9.59 Å². The van der Waals surface area contributed by atoms with Crippen LogP contribution in [0, 0.1) is 6.92 Å². The fourth-order valence-corrected chi connectivity index (χ4v) is 2.29. The van der Waals surface area contributed by atoms with Gasteiger partial charge in [0.2, 0.25) is 5.91 Å². The van der Waals surface area contributed by atoms with Gasteiger partial charge in [-0.05, 0) is 19.1 Å². The Morgan fingerprint density at radius 3 is 2.91 bits per heavy atom. The molecule has 4 N–H and O–H groups in total. The number of aromatic nitrogens is 4. The zero-order chi connectivity index (χ0) is 16.4. The highest BCUT2D eigenvalue weighted by atomic mass is 16.2. The van der Waals surface area contributed by atoms with Crippen LogP contribution in [0.15, 0.2) is 35.1 Å². The van der Waals surface area contributed by atoms with Crippen molar-refractivity contribution in [2.75, 3.05) is 5.73 Å². The molecule has 118 valence electrons. The molecule has 0 bridgehead atoms. The van der Waals surface area contributed by atoms with E-state index in [1.54, 1.807) is 37.3 Å². The van der Waals surface area contributed by atoms with Gasteiger partial charge in [0, 0.05) is 6.07 Å². The summed E-state index contributed by atoms with van der Waals surface area (Å²) < 4.78 is 1.42. The van der Waals surface area contributed by atoms with Gasteiger partial charge in [0.05, 0.1) is 23.1 Å². The van der Waals surface area contributed by atoms with Crippen molar-refractivity contribution in [3.05, 3.63) is 52.2 Å². The molecule has 0 spiro atoms.